The monoisotopic (exact) mass is 440 g/mol. The lowest BCUT2D eigenvalue weighted by Gasteiger charge is -2.44. The van der Waals surface area contributed by atoms with Crippen LogP contribution in [0.2, 0.25) is 0 Å². The topological polar surface area (TPSA) is 139 Å². The Balaban J connectivity index is 1.21. The fourth-order valence-corrected chi connectivity index (χ4v) is 6.62. The summed E-state index contributed by atoms with van der Waals surface area (Å²) < 4.78 is 68.4. The molecule has 26 heavy (non-hydrogen) atoms. The van der Waals surface area contributed by atoms with Crippen molar-refractivity contribution in [2.75, 3.05) is 53.2 Å². The van der Waals surface area contributed by atoms with Crippen LogP contribution in [0.5, 0.6) is 0 Å². The number of phosphoric ester groups is 1. The maximum absolute atomic E-state index is 12.2. The quantitative estimate of drug-likeness (QED) is 0.243. The zero-order valence-electron chi connectivity index (χ0n) is 13.5. The minimum atomic E-state index is -4.38. The summed E-state index contributed by atoms with van der Waals surface area (Å²) in [5, 5.41) is 8.82. The number of rotatable bonds is 9. The molecule has 0 saturated carbocycles. The molecule has 6 rings (SSSR count). The van der Waals surface area contributed by atoms with Gasteiger partial charge >= 0.3 is 24.2 Å². The highest BCUT2D eigenvalue weighted by molar-refractivity contribution is 7.57. The lowest BCUT2D eigenvalue weighted by molar-refractivity contribution is -0.178. The van der Waals surface area contributed by atoms with Crippen LogP contribution >= 0.6 is 24.2 Å². The van der Waals surface area contributed by atoms with Crippen LogP contribution in [0, 0.1) is 11.8 Å². The fraction of sp³-hybridized carbons (Fsp3) is 1.00. The number of phosphoric acid groups is 1. The molecule has 0 aliphatic carbocycles. The summed E-state index contributed by atoms with van der Waals surface area (Å²) in [6.45, 7) is 1.41. The van der Waals surface area contributed by atoms with E-state index >= 15 is 0 Å². The Kier molecular flexibility index (Phi) is 6.24. The van der Waals surface area contributed by atoms with E-state index in [0.29, 0.717) is 39.6 Å². The Morgan fingerprint density at radius 3 is 1.42 bits per heavy atom. The van der Waals surface area contributed by atoms with Gasteiger partial charge in [0, 0.05) is 11.8 Å². The van der Waals surface area contributed by atoms with Gasteiger partial charge in [-0.3, -0.25) is 45.2 Å². The Bertz CT molecular complexity index is 463. The summed E-state index contributed by atoms with van der Waals surface area (Å²) in [5.41, 5.74) is 0. The molecular formula is C10H19O13P3. The third-order valence-electron chi connectivity index (χ3n) is 3.75. The van der Waals surface area contributed by atoms with Crippen LogP contribution < -0.4 is 0 Å². The zero-order chi connectivity index (χ0) is 18.1. The Hall–Kier alpha value is 0.610. The highest BCUT2D eigenvalue weighted by atomic mass is 31.2. The molecule has 0 aromatic carbocycles. The van der Waals surface area contributed by atoms with Gasteiger partial charge in [0.05, 0.1) is 39.6 Å². The second-order valence-electron chi connectivity index (χ2n) is 5.68. The maximum Gasteiger partial charge on any atom is 0.506 e. The van der Waals surface area contributed by atoms with Gasteiger partial charge in [0.25, 0.3) is 0 Å². The van der Waals surface area contributed by atoms with Gasteiger partial charge in [0.15, 0.2) is 13.6 Å². The summed E-state index contributed by atoms with van der Waals surface area (Å²) in [5.74, 6) is 0.330. The van der Waals surface area contributed by atoms with E-state index in [4.69, 9.17) is 50.5 Å². The van der Waals surface area contributed by atoms with Gasteiger partial charge in [-0.25, -0.2) is 9.82 Å². The maximum atomic E-state index is 12.2. The number of hydrogen-bond acceptors (Lipinski definition) is 13. The predicted octanol–water partition coefficient (Wildman–Crippen LogP) is 2.31. The molecule has 4 bridgehead atoms. The van der Waals surface area contributed by atoms with Gasteiger partial charge in [-0.15, -0.1) is 4.67 Å². The first kappa shape index (κ1) is 19.9. The normalized spacial score (nSPS) is 41.3. The molecule has 6 heterocycles. The summed E-state index contributed by atoms with van der Waals surface area (Å²) in [4.78, 5) is 0. The average Bonchev–Trinajstić information content (AvgIpc) is 2.70. The molecule has 0 aromatic rings. The third-order valence-corrected chi connectivity index (χ3v) is 8.43. The van der Waals surface area contributed by atoms with Crippen LogP contribution in [0.3, 0.4) is 0 Å². The van der Waals surface area contributed by atoms with Gasteiger partial charge in [0.2, 0.25) is 0 Å². The molecule has 6 saturated heterocycles. The molecule has 6 aliphatic rings. The predicted molar refractivity (Wildman–Crippen MR) is 81.9 cm³/mol. The van der Waals surface area contributed by atoms with Gasteiger partial charge in [-0.1, -0.05) is 0 Å². The van der Waals surface area contributed by atoms with E-state index in [9.17, 15) is 4.57 Å². The van der Waals surface area contributed by atoms with Crippen molar-refractivity contribution >= 4 is 24.2 Å². The van der Waals surface area contributed by atoms with E-state index < -0.39 is 37.7 Å². The van der Waals surface area contributed by atoms with Crippen molar-refractivity contribution in [1.29, 1.82) is 0 Å². The minimum absolute atomic E-state index is 0.165. The number of hydrogen-bond donors (Lipinski definition) is 1. The van der Waals surface area contributed by atoms with E-state index in [2.05, 4.69) is 4.67 Å². The molecule has 0 spiro atoms. The van der Waals surface area contributed by atoms with Crippen molar-refractivity contribution in [1.82, 2.24) is 0 Å². The van der Waals surface area contributed by atoms with Crippen LogP contribution in [-0.4, -0.2) is 58.5 Å². The van der Waals surface area contributed by atoms with E-state index in [0.717, 1.165) is 0 Å². The molecule has 2 radical (unpaired) electrons. The molecule has 13 nitrogen and oxygen atoms in total. The minimum Gasteiger partial charge on any atom is -0.298 e. The Labute approximate surface area is 149 Å². The first-order valence-electron chi connectivity index (χ1n) is 7.71. The molecule has 0 unspecified atom stereocenters. The van der Waals surface area contributed by atoms with Crippen molar-refractivity contribution in [3.63, 3.8) is 0 Å². The summed E-state index contributed by atoms with van der Waals surface area (Å²) in [6, 6.07) is 0. The standard InChI is InChI=1S/C10H19O13P3/c11-23-24(12,19-7-21-25-13-1-9(2-14-25)3-15-25)20-8-22-26-16-4-10(5-17-26)6-18-26/h9-11H,1-8H2. The van der Waals surface area contributed by atoms with E-state index in [-0.39, 0.29) is 11.8 Å². The van der Waals surface area contributed by atoms with Crippen LogP contribution in [0.1, 0.15) is 0 Å². The van der Waals surface area contributed by atoms with Gasteiger partial charge in [-0.2, -0.15) is 0 Å². The molecule has 6 aliphatic heterocycles. The van der Waals surface area contributed by atoms with Crippen LogP contribution in [0.25, 0.3) is 0 Å². The van der Waals surface area contributed by atoms with Gasteiger partial charge in [0.1, 0.15) is 0 Å². The lowest BCUT2D eigenvalue weighted by atomic mass is 10.2. The summed E-state index contributed by atoms with van der Waals surface area (Å²) >= 11 is 0. The summed E-state index contributed by atoms with van der Waals surface area (Å²) in [6.07, 6.45) is 0. The third kappa shape index (κ3) is 4.44. The second-order valence-corrected chi connectivity index (χ2v) is 11.1. The molecule has 16 heteroatoms. The SMILES string of the molecule is O=P(OO)(OCO[P]12OCC(CO1)CO2)OCO[P]12OCC(CO1)CO2. The van der Waals surface area contributed by atoms with E-state index in [1.807, 2.05) is 0 Å². The average molecular weight is 440 g/mol. The van der Waals surface area contributed by atoms with Crippen LogP contribution in [0.15, 0.2) is 0 Å². The molecule has 0 aromatic heterocycles. The van der Waals surface area contributed by atoms with Gasteiger partial charge in [-0.05, 0) is 0 Å². The second kappa shape index (κ2) is 8.16. The van der Waals surface area contributed by atoms with Crippen molar-refractivity contribution < 1.29 is 59.7 Å². The van der Waals surface area contributed by atoms with Crippen LogP contribution in [-0.2, 0) is 54.5 Å². The molecule has 1 N–H and O–H groups in total. The van der Waals surface area contributed by atoms with E-state index in [1.54, 1.807) is 0 Å². The first-order valence-corrected chi connectivity index (χ1v) is 12.1. The molecule has 152 valence electrons. The summed E-state index contributed by atoms with van der Waals surface area (Å²) in [7, 11) is -10.4. The number of fused-ring (bicyclic) bond motifs is 6. The fourth-order valence-electron chi connectivity index (χ4n) is 2.31. The zero-order valence-corrected chi connectivity index (χ0v) is 16.2. The van der Waals surface area contributed by atoms with Crippen molar-refractivity contribution in [3.8, 4) is 0 Å². The lowest BCUT2D eigenvalue weighted by Crippen LogP contribution is -2.36. The van der Waals surface area contributed by atoms with E-state index in [1.165, 1.54) is 0 Å². The highest BCUT2D eigenvalue weighted by Gasteiger charge is 2.48. The largest absolute Gasteiger partial charge is 0.506 e. The smallest absolute Gasteiger partial charge is 0.298 e. The Morgan fingerprint density at radius 1 is 0.769 bits per heavy atom. The molecule has 0 atom stereocenters. The van der Waals surface area contributed by atoms with Gasteiger partial charge < -0.3 is 0 Å². The molecule has 0 amide bonds. The van der Waals surface area contributed by atoms with Crippen molar-refractivity contribution in [3.05, 3.63) is 0 Å². The van der Waals surface area contributed by atoms with Crippen molar-refractivity contribution in [2.45, 2.75) is 0 Å². The first-order chi connectivity index (χ1) is 12.5. The molecule has 6 fully saturated rings. The van der Waals surface area contributed by atoms with Crippen LogP contribution in [0.4, 0.5) is 0 Å². The highest BCUT2D eigenvalue weighted by Crippen LogP contribution is 2.70. The Morgan fingerprint density at radius 2 is 1.12 bits per heavy atom. The van der Waals surface area contributed by atoms with Crippen molar-refractivity contribution in [2.24, 2.45) is 11.8 Å². The molecular weight excluding hydrogens is 421 g/mol.